The molecule has 0 saturated heterocycles. The molecule has 3 heteroatoms. The highest BCUT2D eigenvalue weighted by Crippen LogP contribution is 2.22. The van der Waals surface area contributed by atoms with Crippen LogP contribution < -0.4 is 5.73 Å². The van der Waals surface area contributed by atoms with Crippen LogP contribution in [0.5, 0.6) is 0 Å². The molecule has 1 aromatic rings. The van der Waals surface area contributed by atoms with Gasteiger partial charge in [-0.15, -0.1) is 0 Å². The molecular formula is C15H23NO2. The standard InChI is InChI=1S/C15H23NO2/c1-4-15(2,3)14(17)13(16)11-18-10-12-8-6-5-7-9-12/h5-9,13H,4,10-11,16H2,1-3H3. The minimum Gasteiger partial charge on any atom is -0.375 e. The average molecular weight is 249 g/mol. The molecule has 1 unspecified atom stereocenters. The fourth-order valence-corrected chi connectivity index (χ4v) is 1.63. The molecule has 1 atom stereocenters. The topological polar surface area (TPSA) is 52.3 Å². The van der Waals surface area contributed by atoms with Gasteiger partial charge in [-0.05, 0) is 12.0 Å². The van der Waals surface area contributed by atoms with Crippen molar-refractivity contribution in [2.24, 2.45) is 11.1 Å². The lowest BCUT2D eigenvalue weighted by Crippen LogP contribution is -2.43. The van der Waals surface area contributed by atoms with Gasteiger partial charge in [0.2, 0.25) is 0 Å². The first-order chi connectivity index (χ1) is 8.47. The van der Waals surface area contributed by atoms with Crippen molar-refractivity contribution in [1.29, 1.82) is 0 Å². The van der Waals surface area contributed by atoms with Gasteiger partial charge in [0.05, 0.1) is 19.3 Å². The van der Waals surface area contributed by atoms with E-state index in [0.29, 0.717) is 6.61 Å². The van der Waals surface area contributed by atoms with Crippen LogP contribution in [0.1, 0.15) is 32.8 Å². The third-order valence-corrected chi connectivity index (χ3v) is 3.30. The van der Waals surface area contributed by atoms with Gasteiger partial charge < -0.3 is 10.5 Å². The summed E-state index contributed by atoms with van der Waals surface area (Å²) < 4.78 is 5.50. The van der Waals surface area contributed by atoms with Gasteiger partial charge in [0.1, 0.15) is 0 Å². The smallest absolute Gasteiger partial charge is 0.157 e. The third-order valence-electron chi connectivity index (χ3n) is 3.30. The lowest BCUT2D eigenvalue weighted by Gasteiger charge is -2.24. The summed E-state index contributed by atoms with van der Waals surface area (Å²) in [7, 11) is 0. The Balaban J connectivity index is 2.38. The monoisotopic (exact) mass is 249 g/mol. The van der Waals surface area contributed by atoms with Crippen molar-refractivity contribution in [3.8, 4) is 0 Å². The molecule has 0 aliphatic rings. The van der Waals surface area contributed by atoms with E-state index in [1.165, 1.54) is 0 Å². The molecule has 0 aromatic heterocycles. The Morgan fingerprint density at radius 1 is 1.33 bits per heavy atom. The molecule has 1 rings (SSSR count). The number of ether oxygens (including phenoxy) is 1. The van der Waals surface area contributed by atoms with Crippen LogP contribution in [0.15, 0.2) is 30.3 Å². The summed E-state index contributed by atoms with van der Waals surface area (Å²) in [6, 6.07) is 9.33. The second-order valence-corrected chi connectivity index (χ2v) is 5.21. The van der Waals surface area contributed by atoms with Crippen molar-refractivity contribution in [1.82, 2.24) is 0 Å². The maximum absolute atomic E-state index is 12.0. The Kier molecular flexibility index (Phi) is 5.51. The van der Waals surface area contributed by atoms with Crippen LogP contribution in [0, 0.1) is 5.41 Å². The Hall–Kier alpha value is -1.19. The Bertz CT molecular complexity index is 373. The molecule has 0 fully saturated rings. The molecule has 0 bridgehead atoms. The van der Waals surface area contributed by atoms with E-state index in [1.54, 1.807) is 0 Å². The van der Waals surface area contributed by atoms with Crippen LogP contribution in [-0.2, 0) is 16.1 Å². The van der Waals surface area contributed by atoms with Gasteiger partial charge in [0, 0.05) is 5.41 Å². The zero-order valence-corrected chi connectivity index (χ0v) is 11.5. The first kappa shape index (κ1) is 14.9. The van der Waals surface area contributed by atoms with E-state index in [1.807, 2.05) is 51.1 Å². The van der Waals surface area contributed by atoms with Crippen molar-refractivity contribution in [2.75, 3.05) is 6.61 Å². The van der Waals surface area contributed by atoms with Crippen molar-refractivity contribution in [3.63, 3.8) is 0 Å². The number of Topliss-reactive ketones (excluding diaryl/α,β-unsaturated/α-hetero) is 1. The van der Waals surface area contributed by atoms with E-state index in [-0.39, 0.29) is 17.8 Å². The number of hydrogen-bond donors (Lipinski definition) is 1. The summed E-state index contributed by atoms with van der Waals surface area (Å²) in [5.41, 5.74) is 6.59. The zero-order valence-electron chi connectivity index (χ0n) is 11.5. The molecule has 0 aliphatic carbocycles. The second-order valence-electron chi connectivity index (χ2n) is 5.21. The third kappa shape index (κ3) is 4.24. The Morgan fingerprint density at radius 3 is 2.50 bits per heavy atom. The summed E-state index contributed by atoms with van der Waals surface area (Å²) in [6.07, 6.45) is 0.790. The molecule has 0 aliphatic heterocycles. The Labute approximate surface area is 109 Å². The molecule has 1 aromatic carbocycles. The molecule has 18 heavy (non-hydrogen) atoms. The molecular weight excluding hydrogens is 226 g/mol. The highest BCUT2D eigenvalue weighted by atomic mass is 16.5. The van der Waals surface area contributed by atoms with E-state index >= 15 is 0 Å². The molecule has 2 N–H and O–H groups in total. The van der Waals surface area contributed by atoms with Gasteiger partial charge in [0.25, 0.3) is 0 Å². The van der Waals surface area contributed by atoms with Crippen LogP contribution in [-0.4, -0.2) is 18.4 Å². The minimum atomic E-state index is -0.538. The fourth-order valence-electron chi connectivity index (χ4n) is 1.63. The van der Waals surface area contributed by atoms with Crippen LogP contribution in [0.3, 0.4) is 0 Å². The van der Waals surface area contributed by atoms with Gasteiger partial charge >= 0.3 is 0 Å². The van der Waals surface area contributed by atoms with E-state index < -0.39 is 6.04 Å². The second kappa shape index (κ2) is 6.66. The number of carbonyl (C=O) groups excluding carboxylic acids is 1. The Morgan fingerprint density at radius 2 is 1.94 bits per heavy atom. The number of ketones is 1. The molecule has 0 amide bonds. The van der Waals surface area contributed by atoms with Crippen molar-refractivity contribution in [2.45, 2.75) is 39.8 Å². The van der Waals surface area contributed by atoms with Crippen LogP contribution >= 0.6 is 0 Å². The largest absolute Gasteiger partial charge is 0.375 e. The van der Waals surface area contributed by atoms with E-state index in [9.17, 15) is 4.79 Å². The maximum atomic E-state index is 12.0. The number of hydrogen-bond acceptors (Lipinski definition) is 3. The number of rotatable bonds is 7. The van der Waals surface area contributed by atoms with Crippen LogP contribution in [0.2, 0.25) is 0 Å². The summed E-state index contributed by atoms with van der Waals surface area (Å²) in [5, 5.41) is 0. The van der Waals surface area contributed by atoms with Crippen molar-refractivity contribution < 1.29 is 9.53 Å². The normalized spacial score (nSPS) is 13.3. The van der Waals surface area contributed by atoms with Gasteiger partial charge in [-0.1, -0.05) is 51.1 Å². The summed E-state index contributed by atoms with van der Waals surface area (Å²) in [5.74, 6) is 0.0676. The van der Waals surface area contributed by atoms with E-state index in [0.717, 1.165) is 12.0 Å². The number of benzene rings is 1. The highest BCUT2D eigenvalue weighted by Gasteiger charge is 2.29. The fraction of sp³-hybridized carbons (Fsp3) is 0.533. The lowest BCUT2D eigenvalue weighted by molar-refractivity contribution is -0.130. The molecule has 3 nitrogen and oxygen atoms in total. The van der Waals surface area contributed by atoms with Crippen LogP contribution in [0.4, 0.5) is 0 Å². The van der Waals surface area contributed by atoms with Gasteiger partial charge in [-0.2, -0.15) is 0 Å². The van der Waals surface area contributed by atoms with Crippen molar-refractivity contribution in [3.05, 3.63) is 35.9 Å². The predicted octanol–water partition coefficient (Wildman–Crippen LogP) is 2.54. The summed E-state index contributed by atoms with van der Waals surface area (Å²) in [4.78, 5) is 12.0. The zero-order chi connectivity index (χ0) is 13.6. The van der Waals surface area contributed by atoms with Gasteiger partial charge in [0.15, 0.2) is 5.78 Å². The first-order valence-corrected chi connectivity index (χ1v) is 6.39. The summed E-state index contributed by atoms with van der Waals surface area (Å²) >= 11 is 0. The number of carbonyl (C=O) groups is 1. The predicted molar refractivity (Wildman–Crippen MR) is 73.2 cm³/mol. The van der Waals surface area contributed by atoms with Gasteiger partial charge in [-0.3, -0.25) is 4.79 Å². The van der Waals surface area contributed by atoms with Gasteiger partial charge in [-0.25, -0.2) is 0 Å². The first-order valence-electron chi connectivity index (χ1n) is 6.39. The molecule has 0 radical (unpaired) electrons. The maximum Gasteiger partial charge on any atom is 0.157 e. The SMILES string of the molecule is CCC(C)(C)C(=O)C(N)COCc1ccccc1. The van der Waals surface area contributed by atoms with E-state index in [4.69, 9.17) is 10.5 Å². The molecule has 0 heterocycles. The average Bonchev–Trinajstić information content (AvgIpc) is 2.39. The van der Waals surface area contributed by atoms with Crippen LogP contribution in [0.25, 0.3) is 0 Å². The highest BCUT2D eigenvalue weighted by molar-refractivity contribution is 5.88. The minimum absolute atomic E-state index is 0.0676. The van der Waals surface area contributed by atoms with Crippen molar-refractivity contribution >= 4 is 5.78 Å². The molecule has 100 valence electrons. The lowest BCUT2D eigenvalue weighted by atomic mass is 9.82. The molecule has 0 saturated carbocycles. The molecule has 0 spiro atoms. The van der Waals surface area contributed by atoms with E-state index in [2.05, 4.69) is 0 Å². The quantitative estimate of drug-likeness (QED) is 0.808. The summed E-state index contributed by atoms with van der Waals surface area (Å²) in [6.45, 7) is 6.61. The number of nitrogens with two attached hydrogens (primary N) is 1.